The van der Waals surface area contributed by atoms with Crippen LogP contribution in [-0.4, -0.2) is 36.6 Å². The highest BCUT2D eigenvalue weighted by Gasteiger charge is 2.66. The molecule has 0 bridgehead atoms. The van der Waals surface area contributed by atoms with Gasteiger partial charge >= 0.3 is 24.2 Å². The Balaban J connectivity index is 3.32. The summed E-state index contributed by atoms with van der Waals surface area (Å²) in [5.41, 5.74) is -1.53. The second-order valence-corrected chi connectivity index (χ2v) is 5.23. The first-order chi connectivity index (χ1) is 12.1. The largest absolute Gasteiger partial charge is 0.470 e. The van der Waals surface area contributed by atoms with Gasteiger partial charge in [-0.05, 0) is 25.1 Å². The number of hydrogen-bond donors (Lipinski definition) is 0. The van der Waals surface area contributed by atoms with Crippen LogP contribution in [0.4, 0.5) is 35.1 Å². The third-order valence-corrected chi connectivity index (χ3v) is 3.23. The highest BCUT2D eigenvalue weighted by atomic mass is 35.5. The van der Waals surface area contributed by atoms with Crippen LogP contribution in [0.15, 0.2) is 18.2 Å². The number of rotatable bonds is 6. The van der Waals surface area contributed by atoms with Crippen LogP contribution < -0.4 is 4.74 Å². The first-order valence-electron chi connectivity index (χ1n) is 6.81. The number of carbonyl (C=O) groups excluding carboxylic acids is 2. The molecule has 1 unspecified atom stereocenters. The Morgan fingerprint density at radius 3 is 2.07 bits per heavy atom. The van der Waals surface area contributed by atoms with E-state index in [1.807, 2.05) is 0 Å². The van der Waals surface area contributed by atoms with Gasteiger partial charge < -0.3 is 9.47 Å². The van der Waals surface area contributed by atoms with Crippen molar-refractivity contribution in [3.8, 4) is 5.75 Å². The van der Waals surface area contributed by atoms with Crippen molar-refractivity contribution in [3.63, 3.8) is 0 Å². The summed E-state index contributed by atoms with van der Waals surface area (Å²) >= 11 is 5.32. The number of hydrogen-bond acceptors (Lipinski definition) is 4. The van der Waals surface area contributed by atoms with E-state index in [0.717, 1.165) is 6.92 Å². The Labute approximate surface area is 151 Å². The molecule has 0 aliphatic heterocycles. The Kier molecular flexibility index (Phi) is 6.68. The molecule has 1 atom stereocenters. The van der Waals surface area contributed by atoms with Gasteiger partial charge in [-0.1, -0.05) is 11.6 Å². The second-order valence-electron chi connectivity index (χ2n) is 4.83. The second kappa shape index (κ2) is 7.87. The summed E-state index contributed by atoms with van der Waals surface area (Å²) < 4.78 is 111. The number of benzene rings is 1. The monoisotopic (exact) mass is 428 g/mol. The maximum absolute atomic E-state index is 13.2. The molecule has 0 aliphatic rings. The minimum Gasteiger partial charge on any atom is -0.470 e. The van der Waals surface area contributed by atoms with E-state index in [4.69, 9.17) is 11.6 Å². The van der Waals surface area contributed by atoms with E-state index in [1.165, 1.54) is 0 Å². The molecular formula is C14H9ClF8O4. The zero-order valence-corrected chi connectivity index (χ0v) is 13.8. The standard InChI is InChI=1S/C14H9ClF8O4/c1-2-26-11(25)9(10(24)12(16,17)14(21,22)23)27-6-3-4-8(15)7(5-6)13(18,19)20/h3-5,9H,2H2,1H3. The van der Waals surface area contributed by atoms with Gasteiger partial charge in [0.05, 0.1) is 17.2 Å². The topological polar surface area (TPSA) is 52.6 Å². The number of alkyl halides is 8. The van der Waals surface area contributed by atoms with Gasteiger partial charge in [-0.25, -0.2) is 4.79 Å². The van der Waals surface area contributed by atoms with Gasteiger partial charge in [-0.3, -0.25) is 4.79 Å². The van der Waals surface area contributed by atoms with Crippen LogP contribution in [-0.2, 0) is 20.5 Å². The summed E-state index contributed by atoms with van der Waals surface area (Å²) in [6.07, 6.45) is -14.6. The van der Waals surface area contributed by atoms with Crippen molar-refractivity contribution in [1.82, 2.24) is 0 Å². The van der Waals surface area contributed by atoms with Crippen LogP contribution in [0.5, 0.6) is 5.75 Å². The summed E-state index contributed by atoms with van der Waals surface area (Å²) in [6.45, 7) is 0.614. The van der Waals surface area contributed by atoms with E-state index in [9.17, 15) is 44.7 Å². The fourth-order valence-corrected chi connectivity index (χ4v) is 1.89. The minimum atomic E-state index is -6.37. The number of ether oxygens (including phenoxy) is 2. The molecule has 4 nitrogen and oxygen atoms in total. The summed E-state index contributed by atoms with van der Waals surface area (Å²) in [7, 11) is 0. The fourth-order valence-electron chi connectivity index (χ4n) is 1.66. The van der Waals surface area contributed by atoms with E-state index in [-0.39, 0.29) is 6.07 Å². The lowest BCUT2D eigenvalue weighted by Gasteiger charge is -2.23. The van der Waals surface area contributed by atoms with Gasteiger partial charge in [0.2, 0.25) is 0 Å². The molecule has 13 heteroatoms. The van der Waals surface area contributed by atoms with Crippen LogP contribution in [0.2, 0.25) is 5.02 Å². The van der Waals surface area contributed by atoms with E-state index in [0.29, 0.717) is 12.1 Å². The highest BCUT2D eigenvalue weighted by molar-refractivity contribution is 6.31. The van der Waals surface area contributed by atoms with Crippen LogP contribution in [0, 0.1) is 0 Å². The molecular weight excluding hydrogens is 420 g/mol. The van der Waals surface area contributed by atoms with Crippen molar-refractivity contribution in [3.05, 3.63) is 28.8 Å². The Morgan fingerprint density at radius 1 is 1.07 bits per heavy atom. The number of esters is 1. The summed E-state index contributed by atoms with van der Waals surface area (Å²) in [4.78, 5) is 23.1. The molecule has 0 aliphatic carbocycles. The minimum absolute atomic E-state index is 0.133. The lowest BCUT2D eigenvalue weighted by Crippen LogP contribution is -2.53. The number of halogens is 9. The van der Waals surface area contributed by atoms with Crippen molar-refractivity contribution in [2.24, 2.45) is 0 Å². The van der Waals surface area contributed by atoms with Gasteiger partial charge in [-0.15, -0.1) is 0 Å². The van der Waals surface area contributed by atoms with Gasteiger partial charge in [0.15, 0.2) is 0 Å². The van der Waals surface area contributed by atoms with Gasteiger partial charge in [0.1, 0.15) is 5.75 Å². The summed E-state index contributed by atoms with van der Waals surface area (Å²) in [5, 5.41) is -0.838. The van der Waals surface area contributed by atoms with E-state index < -0.39 is 59.1 Å². The molecule has 0 aromatic heterocycles. The molecule has 0 fully saturated rings. The van der Waals surface area contributed by atoms with Gasteiger partial charge in [0.25, 0.3) is 11.9 Å². The summed E-state index contributed by atoms with van der Waals surface area (Å²) in [5.74, 6) is -12.0. The van der Waals surface area contributed by atoms with Crippen LogP contribution in [0.25, 0.3) is 0 Å². The molecule has 0 spiro atoms. The summed E-state index contributed by atoms with van der Waals surface area (Å²) in [6, 6.07) is 1.37. The highest BCUT2D eigenvalue weighted by Crippen LogP contribution is 2.39. The van der Waals surface area contributed by atoms with Gasteiger partial charge in [0, 0.05) is 0 Å². The smallest absolute Gasteiger partial charge is 0.461 e. The molecule has 1 aromatic rings. The number of ketones is 1. The zero-order valence-electron chi connectivity index (χ0n) is 13.1. The third-order valence-electron chi connectivity index (χ3n) is 2.90. The maximum atomic E-state index is 13.2. The molecule has 0 saturated heterocycles. The van der Waals surface area contributed by atoms with Crippen LogP contribution in [0.1, 0.15) is 12.5 Å². The van der Waals surface area contributed by atoms with Gasteiger partial charge in [-0.2, -0.15) is 35.1 Å². The van der Waals surface area contributed by atoms with Crippen molar-refractivity contribution in [2.75, 3.05) is 6.61 Å². The van der Waals surface area contributed by atoms with E-state index in [1.54, 1.807) is 0 Å². The Bertz CT molecular complexity index is 714. The Hall–Kier alpha value is -2.11. The molecule has 27 heavy (non-hydrogen) atoms. The zero-order chi connectivity index (χ0) is 21.2. The van der Waals surface area contributed by atoms with Crippen molar-refractivity contribution < 1.29 is 54.2 Å². The molecule has 0 heterocycles. The van der Waals surface area contributed by atoms with E-state index in [2.05, 4.69) is 9.47 Å². The fraction of sp³-hybridized carbons (Fsp3) is 0.429. The number of carbonyl (C=O) groups is 2. The molecule has 0 amide bonds. The normalized spacial score (nSPS) is 13.9. The van der Waals surface area contributed by atoms with Crippen LogP contribution >= 0.6 is 11.6 Å². The molecule has 0 radical (unpaired) electrons. The van der Waals surface area contributed by atoms with Crippen molar-refractivity contribution in [2.45, 2.75) is 31.3 Å². The quantitative estimate of drug-likeness (QED) is 0.382. The first kappa shape index (κ1) is 22.9. The average Bonchev–Trinajstić information content (AvgIpc) is 2.51. The van der Waals surface area contributed by atoms with Crippen molar-refractivity contribution in [1.29, 1.82) is 0 Å². The lowest BCUT2D eigenvalue weighted by molar-refractivity contribution is -0.271. The predicted octanol–water partition coefficient (Wildman–Crippen LogP) is 4.44. The maximum Gasteiger partial charge on any atom is 0.461 e. The predicted molar refractivity (Wildman–Crippen MR) is 73.5 cm³/mol. The molecule has 1 rings (SSSR count). The van der Waals surface area contributed by atoms with E-state index >= 15 is 0 Å². The molecule has 0 saturated carbocycles. The lowest BCUT2D eigenvalue weighted by atomic mass is 10.1. The number of Topliss-reactive ketones (excluding diaryl/α,β-unsaturated/α-hetero) is 1. The SMILES string of the molecule is CCOC(=O)C(Oc1ccc(Cl)c(C(F)(F)F)c1)C(=O)C(F)(F)C(F)(F)F. The molecule has 0 N–H and O–H groups in total. The molecule has 1 aromatic carbocycles. The van der Waals surface area contributed by atoms with Crippen LogP contribution in [0.3, 0.4) is 0 Å². The van der Waals surface area contributed by atoms with Crippen molar-refractivity contribution >= 4 is 23.4 Å². The average molecular weight is 429 g/mol. The molecule has 152 valence electrons. The Morgan fingerprint density at radius 2 is 1.63 bits per heavy atom. The third kappa shape index (κ3) is 5.21. The first-order valence-corrected chi connectivity index (χ1v) is 7.19.